The van der Waals surface area contributed by atoms with Gasteiger partial charge in [-0.1, -0.05) is 23.2 Å². The molecule has 0 atom stereocenters. The second-order valence-electron chi connectivity index (χ2n) is 6.08. The van der Waals surface area contributed by atoms with Gasteiger partial charge in [-0.15, -0.1) is 0 Å². The van der Waals surface area contributed by atoms with E-state index >= 15 is 0 Å². The first-order valence-corrected chi connectivity index (χ1v) is 9.18. The summed E-state index contributed by atoms with van der Waals surface area (Å²) >= 11 is 12.2. The number of pyridine rings is 2. The molecule has 0 unspecified atom stereocenters. The molecular formula is C18H19Cl2N3O4. The van der Waals surface area contributed by atoms with Gasteiger partial charge in [0.25, 0.3) is 0 Å². The van der Waals surface area contributed by atoms with E-state index in [4.69, 9.17) is 32.7 Å². The summed E-state index contributed by atoms with van der Waals surface area (Å²) in [6, 6.07) is 5.18. The molecule has 0 spiro atoms. The van der Waals surface area contributed by atoms with Crippen LogP contribution in [-0.4, -0.2) is 52.4 Å². The maximum atomic E-state index is 11.8. The molecule has 0 aromatic carbocycles. The maximum Gasteiger partial charge on any atom is 0.407 e. The minimum Gasteiger partial charge on any atom is -0.481 e. The molecule has 1 aliphatic rings. The highest BCUT2D eigenvalue weighted by atomic mass is 35.5. The Morgan fingerprint density at radius 1 is 1.33 bits per heavy atom. The third kappa shape index (κ3) is 4.43. The van der Waals surface area contributed by atoms with Crippen molar-refractivity contribution in [3.8, 4) is 17.1 Å². The zero-order valence-electron chi connectivity index (χ0n) is 14.7. The van der Waals surface area contributed by atoms with Gasteiger partial charge in [-0.25, -0.2) is 14.8 Å². The normalized spacial score (nSPS) is 14.8. The molecule has 2 aromatic heterocycles. The van der Waals surface area contributed by atoms with Gasteiger partial charge in [0, 0.05) is 36.6 Å². The molecule has 144 valence electrons. The van der Waals surface area contributed by atoms with E-state index in [1.807, 2.05) is 0 Å². The van der Waals surface area contributed by atoms with Crippen molar-refractivity contribution in [2.75, 3.05) is 20.3 Å². The van der Waals surface area contributed by atoms with Crippen molar-refractivity contribution in [2.45, 2.75) is 25.4 Å². The summed E-state index contributed by atoms with van der Waals surface area (Å²) in [6.07, 6.45) is 1.91. The molecule has 7 nitrogen and oxygen atoms in total. The zero-order chi connectivity index (χ0) is 19.4. The maximum absolute atomic E-state index is 11.8. The van der Waals surface area contributed by atoms with Gasteiger partial charge in [-0.2, -0.15) is 0 Å². The Kier molecular flexibility index (Phi) is 6.36. The average Bonchev–Trinajstić information content (AvgIpc) is 2.68. The van der Waals surface area contributed by atoms with Gasteiger partial charge < -0.3 is 19.5 Å². The molecule has 0 saturated carbocycles. The van der Waals surface area contributed by atoms with Crippen molar-refractivity contribution in [1.29, 1.82) is 0 Å². The van der Waals surface area contributed by atoms with E-state index in [1.54, 1.807) is 24.4 Å². The van der Waals surface area contributed by atoms with Crippen LogP contribution in [0.1, 0.15) is 18.4 Å². The topological polar surface area (TPSA) is 84.8 Å². The number of amides is 1. The first kappa shape index (κ1) is 19.7. The van der Waals surface area contributed by atoms with Crippen LogP contribution < -0.4 is 4.74 Å². The minimum absolute atomic E-state index is 0.0888. The highest BCUT2D eigenvalue weighted by Crippen LogP contribution is 2.33. The molecule has 1 amide bonds. The number of ether oxygens (including phenoxy) is 2. The minimum atomic E-state index is -0.975. The summed E-state index contributed by atoms with van der Waals surface area (Å²) in [4.78, 5) is 21.6. The van der Waals surface area contributed by atoms with Crippen molar-refractivity contribution < 1.29 is 19.4 Å². The molecule has 2 aromatic rings. The van der Waals surface area contributed by atoms with E-state index in [0.29, 0.717) is 53.8 Å². The fourth-order valence-electron chi connectivity index (χ4n) is 3.07. The Balaban J connectivity index is 1.89. The summed E-state index contributed by atoms with van der Waals surface area (Å²) in [5.41, 5.74) is 1.87. The Morgan fingerprint density at radius 2 is 2.07 bits per heavy atom. The van der Waals surface area contributed by atoms with Gasteiger partial charge >= 0.3 is 6.09 Å². The summed E-state index contributed by atoms with van der Waals surface area (Å²) in [7, 11) is 1.50. The van der Waals surface area contributed by atoms with Crippen LogP contribution in [0.5, 0.6) is 5.88 Å². The molecule has 0 bridgehead atoms. The molecule has 3 rings (SSSR count). The van der Waals surface area contributed by atoms with Crippen LogP contribution in [0.2, 0.25) is 10.2 Å². The molecule has 3 heterocycles. The van der Waals surface area contributed by atoms with Crippen LogP contribution in [0.25, 0.3) is 11.3 Å². The summed E-state index contributed by atoms with van der Waals surface area (Å²) in [6.45, 7) is 1.30. The van der Waals surface area contributed by atoms with E-state index < -0.39 is 6.09 Å². The molecule has 0 radical (unpaired) electrons. The van der Waals surface area contributed by atoms with Crippen LogP contribution in [0.4, 0.5) is 4.79 Å². The molecule has 1 N–H and O–H groups in total. The molecule has 1 fully saturated rings. The predicted octanol–water partition coefficient (Wildman–Crippen LogP) is 4.12. The first-order valence-electron chi connectivity index (χ1n) is 8.43. The van der Waals surface area contributed by atoms with Crippen molar-refractivity contribution >= 4 is 29.3 Å². The van der Waals surface area contributed by atoms with E-state index in [1.165, 1.54) is 12.0 Å². The SMILES string of the molecule is COc1nc(-c2ccnc(Cl)c2Cl)ccc1CN(C(=O)O)C1CCOCC1. The largest absolute Gasteiger partial charge is 0.481 e. The lowest BCUT2D eigenvalue weighted by Crippen LogP contribution is -2.42. The quantitative estimate of drug-likeness (QED) is 0.744. The monoisotopic (exact) mass is 411 g/mol. The Hall–Kier alpha value is -2.09. The van der Waals surface area contributed by atoms with Crippen LogP contribution in [0, 0.1) is 0 Å². The second kappa shape index (κ2) is 8.73. The van der Waals surface area contributed by atoms with E-state index in [9.17, 15) is 9.90 Å². The van der Waals surface area contributed by atoms with Crippen molar-refractivity contribution in [3.63, 3.8) is 0 Å². The number of hydrogen-bond acceptors (Lipinski definition) is 5. The second-order valence-corrected chi connectivity index (χ2v) is 6.82. The Labute approximate surface area is 166 Å². The van der Waals surface area contributed by atoms with Gasteiger partial charge in [0.2, 0.25) is 5.88 Å². The Morgan fingerprint density at radius 3 is 2.74 bits per heavy atom. The summed E-state index contributed by atoms with van der Waals surface area (Å²) < 4.78 is 10.7. The molecular weight excluding hydrogens is 393 g/mol. The lowest BCUT2D eigenvalue weighted by Gasteiger charge is -2.32. The molecule has 9 heteroatoms. The van der Waals surface area contributed by atoms with Crippen molar-refractivity contribution in [1.82, 2.24) is 14.9 Å². The smallest absolute Gasteiger partial charge is 0.407 e. The van der Waals surface area contributed by atoms with Gasteiger partial charge in [-0.3, -0.25) is 0 Å². The number of nitrogens with zero attached hydrogens (tertiary/aromatic N) is 3. The number of halogens is 2. The lowest BCUT2D eigenvalue weighted by molar-refractivity contribution is 0.0329. The standard InChI is InChI=1S/C18H19Cl2N3O4/c1-26-17-11(10-23(18(24)25)12-5-8-27-9-6-12)2-3-14(22-17)13-4-7-21-16(20)15(13)19/h2-4,7,12H,5-6,8-10H2,1H3,(H,24,25). The van der Waals surface area contributed by atoms with Crippen molar-refractivity contribution in [2.24, 2.45) is 0 Å². The highest BCUT2D eigenvalue weighted by Gasteiger charge is 2.27. The number of methoxy groups -OCH3 is 1. The number of carbonyl (C=O) groups is 1. The van der Waals surface area contributed by atoms with Crippen molar-refractivity contribution in [3.05, 3.63) is 40.1 Å². The average molecular weight is 412 g/mol. The van der Waals surface area contributed by atoms with E-state index in [2.05, 4.69) is 9.97 Å². The highest BCUT2D eigenvalue weighted by molar-refractivity contribution is 6.42. The van der Waals surface area contributed by atoms with Gasteiger partial charge in [0.15, 0.2) is 0 Å². The van der Waals surface area contributed by atoms with Crippen LogP contribution in [0.15, 0.2) is 24.4 Å². The number of rotatable bonds is 5. The molecule has 0 aliphatic carbocycles. The molecule has 27 heavy (non-hydrogen) atoms. The molecule has 1 saturated heterocycles. The third-order valence-corrected chi connectivity index (χ3v) is 5.24. The fraction of sp³-hybridized carbons (Fsp3) is 0.389. The van der Waals surface area contributed by atoms with Gasteiger partial charge in [0.05, 0.1) is 24.4 Å². The fourth-order valence-corrected chi connectivity index (χ4v) is 3.43. The van der Waals surface area contributed by atoms with Gasteiger partial charge in [-0.05, 0) is 31.0 Å². The number of hydrogen-bond donors (Lipinski definition) is 1. The van der Waals surface area contributed by atoms with Crippen LogP contribution in [-0.2, 0) is 11.3 Å². The summed E-state index contributed by atoms with van der Waals surface area (Å²) in [5.74, 6) is 0.342. The number of carboxylic acid groups (broad SMARTS) is 1. The Bertz CT molecular complexity index is 828. The van der Waals surface area contributed by atoms with Crippen LogP contribution >= 0.6 is 23.2 Å². The molecule has 1 aliphatic heterocycles. The zero-order valence-corrected chi connectivity index (χ0v) is 16.2. The number of aromatic nitrogens is 2. The first-order chi connectivity index (χ1) is 13.0. The lowest BCUT2D eigenvalue weighted by atomic mass is 10.1. The third-order valence-electron chi connectivity index (χ3n) is 4.47. The summed E-state index contributed by atoms with van der Waals surface area (Å²) in [5, 5.41) is 10.1. The van der Waals surface area contributed by atoms with Gasteiger partial charge in [0.1, 0.15) is 5.15 Å². The van der Waals surface area contributed by atoms with E-state index in [0.717, 1.165) is 0 Å². The van der Waals surface area contributed by atoms with Crippen LogP contribution in [0.3, 0.4) is 0 Å². The predicted molar refractivity (Wildman–Crippen MR) is 101 cm³/mol. The van der Waals surface area contributed by atoms with E-state index in [-0.39, 0.29) is 17.7 Å².